The van der Waals surface area contributed by atoms with Crippen LogP contribution in [0.2, 0.25) is 0 Å². The second-order valence-corrected chi connectivity index (χ2v) is 9.67. The van der Waals surface area contributed by atoms with Crippen molar-refractivity contribution in [1.29, 1.82) is 5.26 Å². The van der Waals surface area contributed by atoms with E-state index in [9.17, 15) is 14.9 Å². The highest BCUT2D eigenvalue weighted by molar-refractivity contribution is 6.02. The number of halogens is 1. The van der Waals surface area contributed by atoms with Crippen molar-refractivity contribution in [3.05, 3.63) is 53.3 Å². The number of anilines is 1. The predicted molar refractivity (Wildman–Crippen MR) is 129 cm³/mol. The van der Waals surface area contributed by atoms with Gasteiger partial charge >= 0.3 is 0 Å². The molecule has 2 aromatic carbocycles. The van der Waals surface area contributed by atoms with Gasteiger partial charge in [0.1, 0.15) is 11.9 Å². The van der Waals surface area contributed by atoms with Gasteiger partial charge < -0.3 is 20.3 Å². The first-order chi connectivity index (χ1) is 17.0. The van der Waals surface area contributed by atoms with Crippen molar-refractivity contribution < 1.29 is 18.7 Å². The van der Waals surface area contributed by atoms with Gasteiger partial charge in [-0.05, 0) is 59.6 Å². The van der Waals surface area contributed by atoms with Gasteiger partial charge in [0, 0.05) is 31.8 Å². The number of ether oxygens (including phenoxy) is 1. The van der Waals surface area contributed by atoms with Crippen LogP contribution in [0.1, 0.15) is 30.4 Å². The van der Waals surface area contributed by atoms with E-state index in [1.807, 2.05) is 24.3 Å². The van der Waals surface area contributed by atoms with Gasteiger partial charge in [0.25, 0.3) is 0 Å². The van der Waals surface area contributed by atoms with E-state index < -0.39 is 11.9 Å². The lowest BCUT2D eigenvalue weighted by Gasteiger charge is -2.23. The zero-order valence-electron chi connectivity index (χ0n) is 19.7. The minimum atomic E-state index is -0.802. The molecular formula is C27H29FN4O3. The zero-order chi connectivity index (χ0) is 24.5. The van der Waals surface area contributed by atoms with Crippen LogP contribution >= 0.6 is 0 Å². The average molecular weight is 477 g/mol. The van der Waals surface area contributed by atoms with Crippen molar-refractivity contribution in [2.24, 2.45) is 5.92 Å². The van der Waals surface area contributed by atoms with E-state index >= 15 is 4.39 Å². The fourth-order valence-corrected chi connectivity index (χ4v) is 5.62. The molecule has 1 aliphatic carbocycles. The SMILES string of the molecule is COCCN1C(=O)Cc2ccc(-c3ccc(C[C@@H](C#N)NC(=O)C4NC5CCC4C5)c(F)c3)cc21. The van der Waals surface area contributed by atoms with E-state index in [4.69, 9.17) is 4.74 Å². The predicted octanol–water partition coefficient (Wildman–Crippen LogP) is 2.72. The lowest BCUT2D eigenvalue weighted by Crippen LogP contribution is -2.50. The minimum Gasteiger partial charge on any atom is -0.383 e. The highest BCUT2D eigenvalue weighted by Gasteiger charge is 2.43. The number of carbonyl (C=O) groups is 2. The normalized spacial score (nSPS) is 23.3. The molecule has 35 heavy (non-hydrogen) atoms. The van der Waals surface area contributed by atoms with Crippen LogP contribution in [-0.2, 0) is 27.2 Å². The smallest absolute Gasteiger partial charge is 0.238 e. The number of carbonyl (C=O) groups excluding carboxylic acids is 2. The second kappa shape index (κ2) is 9.76. The largest absolute Gasteiger partial charge is 0.383 e. The number of fused-ring (bicyclic) bond motifs is 3. The molecule has 2 aliphatic heterocycles. The Morgan fingerprint density at radius 3 is 2.77 bits per heavy atom. The van der Waals surface area contributed by atoms with Crippen LogP contribution in [-0.4, -0.2) is 50.2 Å². The number of hydrogen-bond donors (Lipinski definition) is 2. The topological polar surface area (TPSA) is 94.5 Å². The van der Waals surface area contributed by atoms with Crippen molar-refractivity contribution in [1.82, 2.24) is 10.6 Å². The van der Waals surface area contributed by atoms with Crippen LogP contribution in [0.5, 0.6) is 0 Å². The van der Waals surface area contributed by atoms with E-state index in [2.05, 4.69) is 16.7 Å². The number of nitrogens with one attached hydrogen (secondary N) is 2. The Kier molecular flexibility index (Phi) is 6.54. The molecule has 1 saturated carbocycles. The van der Waals surface area contributed by atoms with Crippen molar-refractivity contribution in [2.45, 2.75) is 50.2 Å². The Balaban J connectivity index is 1.28. The molecule has 3 aliphatic rings. The number of piperidine rings is 1. The molecule has 0 radical (unpaired) electrons. The summed E-state index contributed by atoms with van der Waals surface area (Å²) < 4.78 is 20.2. The van der Waals surface area contributed by atoms with Crippen molar-refractivity contribution >= 4 is 17.5 Å². The standard InChI is InChI=1S/C27H29FN4O3/c1-35-9-8-32-24-13-17(3-5-19(24)14-25(32)33)16-2-4-18(23(28)12-16)10-22(15-29)31-27(34)26-20-6-7-21(11-20)30-26/h2-5,12-13,20-22,26,30H,6-11,14H2,1H3,(H,31,34)/t20?,21?,22-,26?/m0/s1. The van der Waals surface area contributed by atoms with Gasteiger partial charge in [-0.25, -0.2) is 4.39 Å². The lowest BCUT2D eigenvalue weighted by atomic mass is 9.97. The van der Waals surface area contributed by atoms with Gasteiger partial charge in [-0.15, -0.1) is 0 Å². The van der Waals surface area contributed by atoms with Crippen LogP contribution in [0, 0.1) is 23.1 Å². The van der Waals surface area contributed by atoms with Gasteiger partial charge in [0.05, 0.1) is 25.1 Å². The third-order valence-corrected chi connectivity index (χ3v) is 7.46. The number of nitriles is 1. The molecule has 0 spiro atoms. The maximum absolute atomic E-state index is 15.1. The molecular weight excluding hydrogens is 447 g/mol. The lowest BCUT2D eigenvalue weighted by molar-refractivity contribution is -0.124. The molecule has 1 saturated heterocycles. The Hall–Kier alpha value is -3.28. The van der Waals surface area contributed by atoms with Crippen LogP contribution in [0.25, 0.3) is 11.1 Å². The molecule has 2 bridgehead atoms. The van der Waals surface area contributed by atoms with Crippen molar-refractivity contribution in [3.8, 4) is 17.2 Å². The fraction of sp³-hybridized carbons (Fsp3) is 0.444. The summed E-state index contributed by atoms with van der Waals surface area (Å²) in [5, 5.41) is 15.7. The fourth-order valence-electron chi connectivity index (χ4n) is 5.62. The Morgan fingerprint density at radius 2 is 2.09 bits per heavy atom. The molecule has 2 aromatic rings. The van der Waals surface area contributed by atoms with E-state index in [0.29, 0.717) is 42.7 Å². The first-order valence-corrected chi connectivity index (χ1v) is 12.1. The molecule has 8 heteroatoms. The second-order valence-electron chi connectivity index (χ2n) is 9.67. The number of nitrogens with zero attached hydrogens (tertiary/aromatic N) is 2. The van der Waals surface area contributed by atoms with E-state index in [0.717, 1.165) is 36.1 Å². The number of benzene rings is 2. The summed E-state index contributed by atoms with van der Waals surface area (Å²) >= 11 is 0. The number of methoxy groups -OCH3 is 1. The third kappa shape index (κ3) is 4.66. The quantitative estimate of drug-likeness (QED) is 0.611. The van der Waals surface area contributed by atoms with Gasteiger partial charge in [-0.3, -0.25) is 9.59 Å². The minimum absolute atomic E-state index is 0.0287. The van der Waals surface area contributed by atoms with Crippen molar-refractivity contribution in [3.63, 3.8) is 0 Å². The highest BCUT2D eigenvalue weighted by atomic mass is 19.1. The van der Waals surface area contributed by atoms with E-state index in [1.165, 1.54) is 6.07 Å². The molecule has 3 unspecified atom stereocenters. The maximum atomic E-state index is 15.1. The van der Waals surface area contributed by atoms with E-state index in [-0.39, 0.29) is 24.3 Å². The van der Waals surface area contributed by atoms with Crippen LogP contribution < -0.4 is 15.5 Å². The summed E-state index contributed by atoms with van der Waals surface area (Å²) in [5.41, 5.74) is 3.64. The third-order valence-electron chi connectivity index (χ3n) is 7.46. The molecule has 182 valence electrons. The van der Waals surface area contributed by atoms with Crippen LogP contribution in [0.3, 0.4) is 0 Å². The first-order valence-electron chi connectivity index (χ1n) is 12.1. The molecule has 2 N–H and O–H groups in total. The van der Waals surface area contributed by atoms with Gasteiger partial charge in [-0.2, -0.15) is 5.26 Å². The Labute approximate surface area is 204 Å². The van der Waals surface area contributed by atoms with Gasteiger partial charge in [0.2, 0.25) is 11.8 Å². The summed E-state index contributed by atoms with van der Waals surface area (Å²) in [6.07, 6.45) is 3.58. The molecule has 2 fully saturated rings. The van der Waals surface area contributed by atoms with Crippen LogP contribution in [0.15, 0.2) is 36.4 Å². The monoisotopic (exact) mass is 476 g/mol. The van der Waals surface area contributed by atoms with Crippen LogP contribution in [0.4, 0.5) is 10.1 Å². The Bertz CT molecular complexity index is 1190. The van der Waals surface area contributed by atoms with Gasteiger partial charge in [-0.1, -0.05) is 24.3 Å². The molecule has 0 aromatic heterocycles. The summed E-state index contributed by atoms with van der Waals surface area (Å²) in [6, 6.07) is 12.1. The highest BCUT2D eigenvalue weighted by Crippen LogP contribution is 2.36. The zero-order valence-corrected chi connectivity index (χ0v) is 19.7. The van der Waals surface area contributed by atoms with Crippen molar-refractivity contribution in [2.75, 3.05) is 25.2 Å². The van der Waals surface area contributed by atoms with E-state index in [1.54, 1.807) is 18.1 Å². The van der Waals surface area contributed by atoms with Gasteiger partial charge in [0.15, 0.2) is 0 Å². The molecule has 5 rings (SSSR count). The Morgan fingerprint density at radius 1 is 1.29 bits per heavy atom. The first kappa shape index (κ1) is 23.5. The number of hydrogen-bond acceptors (Lipinski definition) is 5. The molecule has 2 heterocycles. The molecule has 7 nitrogen and oxygen atoms in total. The molecule has 2 amide bonds. The maximum Gasteiger partial charge on any atom is 0.238 e. The number of amides is 2. The summed E-state index contributed by atoms with van der Waals surface area (Å²) in [7, 11) is 1.60. The molecule has 4 atom stereocenters. The summed E-state index contributed by atoms with van der Waals surface area (Å²) in [6.45, 7) is 0.908. The number of rotatable bonds is 8. The average Bonchev–Trinajstić information content (AvgIpc) is 3.57. The summed E-state index contributed by atoms with van der Waals surface area (Å²) in [5.74, 6) is -0.251. The summed E-state index contributed by atoms with van der Waals surface area (Å²) in [4.78, 5) is 26.7.